The van der Waals surface area contributed by atoms with Crippen LogP contribution in [0.1, 0.15) is 57.7 Å². The summed E-state index contributed by atoms with van der Waals surface area (Å²) in [5.74, 6) is 2.07. The molecule has 1 fully saturated rings. The Bertz CT molecular complexity index is 351. The molecule has 1 heterocycles. The van der Waals surface area contributed by atoms with Gasteiger partial charge < -0.3 is 9.88 Å². The monoisotopic (exact) mass is 263 g/mol. The highest BCUT2D eigenvalue weighted by Crippen LogP contribution is 2.26. The van der Waals surface area contributed by atoms with E-state index in [-0.39, 0.29) is 0 Å². The molecule has 0 bridgehead atoms. The molecule has 1 N–H and O–H groups in total. The Morgan fingerprint density at radius 1 is 1.26 bits per heavy atom. The number of nitrogens with zero attached hydrogens (tertiary/aromatic N) is 2. The van der Waals surface area contributed by atoms with Crippen LogP contribution in [-0.2, 0) is 13.0 Å². The number of rotatable bonds is 5. The molecule has 0 saturated heterocycles. The Kier molecular flexibility index (Phi) is 5.90. The highest BCUT2D eigenvalue weighted by atomic mass is 15.1. The van der Waals surface area contributed by atoms with Crippen molar-refractivity contribution in [1.29, 1.82) is 0 Å². The Morgan fingerprint density at radius 3 is 2.58 bits per heavy atom. The van der Waals surface area contributed by atoms with E-state index in [1.807, 2.05) is 6.20 Å². The van der Waals surface area contributed by atoms with Gasteiger partial charge >= 0.3 is 0 Å². The van der Waals surface area contributed by atoms with E-state index in [9.17, 15) is 0 Å². The average Bonchev–Trinajstić information content (AvgIpc) is 2.83. The fraction of sp³-hybridized carbons (Fsp3) is 0.812. The van der Waals surface area contributed by atoms with E-state index >= 15 is 0 Å². The van der Waals surface area contributed by atoms with Crippen LogP contribution in [0.3, 0.4) is 0 Å². The van der Waals surface area contributed by atoms with Crippen molar-refractivity contribution in [2.75, 3.05) is 7.05 Å². The van der Waals surface area contributed by atoms with Gasteiger partial charge in [0.25, 0.3) is 0 Å². The first-order valence-corrected chi connectivity index (χ1v) is 8.02. The number of hydrogen-bond acceptors (Lipinski definition) is 2. The van der Waals surface area contributed by atoms with Crippen molar-refractivity contribution in [1.82, 2.24) is 14.9 Å². The summed E-state index contributed by atoms with van der Waals surface area (Å²) in [5, 5.41) is 3.56. The van der Waals surface area contributed by atoms with Crippen molar-refractivity contribution in [3.8, 4) is 0 Å². The first-order chi connectivity index (χ1) is 9.35. The largest absolute Gasteiger partial charge is 0.335 e. The summed E-state index contributed by atoms with van der Waals surface area (Å²) in [6.45, 7) is 3.21. The molecule has 0 aliphatic heterocycles. The minimum Gasteiger partial charge on any atom is -0.335 e. The molecule has 1 atom stereocenters. The topological polar surface area (TPSA) is 29.9 Å². The highest BCUT2D eigenvalue weighted by molar-refractivity contribution is 4.97. The van der Waals surface area contributed by atoms with Crippen molar-refractivity contribution in [3.05, 3.63) is 18.2 Å². The van der Waals surface area contributed by atoms with Gasteiger partial charge in [-0.15, -0.1) is 0 Å². The summed E-state index contributed by atoms with van der Waals surface area (Å²) in [4.78, 5) is 4.53. The van der Waals surface area contributed by atoms with Crippen LogP contribution < -0.4 is 5.32 Å². The maximum Gasteiger partial charge on any atom is 0.110 e. The summed E-state index contributed by atoms with van der Waals surface area (Å²) in [5.41, 5.74) is 0. The highest BCUT2D eigenvalue weighted by Gasteiger charge is 2.22. The molecule has 1 aromatic heterocycles. The number of aromatic nitrogens is 2. The fourth-order valence-corrected chi connectivity index (χ4v) is 3.41. The maximum atomic E-state index is 4.53. The predicted octanol–water partition coefficient (Wildman–Crippen LogP) is 3.39. The van der Waals surface area contributed by atoms with E-state index in [0.717, 1.165) is 18.9 Å². The van der Waals surface area contributed by atoms with Crippen LogP contribution >= 0.6 is 0 Å². The number of likely N-dealkylation sites (N-methyl/N-ethyl adjacent to an activating group) is 1. The lowest BCUT2D eigenvalue weighted by atomic mass is 9.84. The van der Waals surface area contributed by atoms with Gasteiger partial charge in [0.2, 0.25) is 0 Å². The molecule has 1 unspecified atom stereocenters. The van der Waals surface area contributed by atoms with Gasteiger partial charge in [0.1, 0.15) is 5.82 Å². The molecule has 3 nitrogen and oxygen atoms in total. The van der Waals surface area contributed by atoms with Gasteiger partial charge in [-0.2, -0.15) is 0 Å². The Labute approximate surface area is 117 Å². The van der Waals surface area contributed by atoms with Gasteiger partial charge in [0.05, 0.1) is 0 Å². The lowest BCUT2D eigenvalue weighted by molar-refractivity contribution is 0.289. The van der Waals surface area contributed by atoms with E-state index in [2.05, 4.69) is 35.0 Å². The number of imidazole rings is 1. The van der Waals surface area contributed by atoms with Gasteiger partial charge in [-0.3, -0.25) is 0 Å². The van der Waals surface area contributed by atoms with Crippen LogP contribution in [0.5, 0.6) is 0 Å². The van der Waals surface area contributed by atoms with Crippen molar-refractivity contribution >= 4 is 0 Å². The van der Waals surface area contributed by atoms with Crippen molar-refractivity contribution in [3.63, 3.8) is 0 Å². The van der Waals surface area contributed by atoms with Crippen LogP contribution in [-0.4, -0.2) is 22.6 Å². The zero-order chi connectivity index (χ0) is 13.5. The average molecular weight is 263 g/mol. The molecular formula is C16H29N3. The van der Waals surface area contributed by atoms with Crippen LogP contribution in [0.25, 0.3) is 0 Å². The molecule has 0 aromatic carbocycles. The molecule has 1 aliphatic rings. The Morgan fingerprint density at radius 2 is 1.95 bits per heavy atom. The molecule has 19 heavy (non-hydrogen) atoms. The first kappa shape index (κ1) is 14.6. The molecule has 0 radical (unpaired) electrons. The van der Waals surface area contributed by atoms with Crippen LogP contribution in [0.15, 0.2) is 12.4 Å². The van der Waals surface area contributed by atoms with E-state index in [0.29, 0.717) is 6.04 Å². The molecule has 2 rings (SSSR count). The third-order valence-electron chi connectivity index (χ3n) is 4.63. The quantitative estimate of drug-likeness (QED) is 0.882. The van der Waals surface area contributed by atoms with Gasteiger partial charge in [-0.05, 0) is 32.7 Å². The van der Waals surface area contributed by atoms with Crippen molar-refractivity contribution < 1.29 is 0 Å². The lowest BCUT2D eigenvalue weighted by Gasteiger charge is -2.28. The molecule has 1 aliphatic carbocycles. The van der Waals surface area contributed by atoms with E-state index in [1.54, 1.807) is 0 Å². The predicted molar refractivity (Wildman–Crippen MR) is 80.3 cm³/mol. The second-order valence-corrected chi connectivity index (χ2v) is 5.83. The number of aryl methyl sites for hydroxylation is 1. The van der Waals surface area contributed by atoms with Crippen molar-refractivity contribution in [2.24, 2.45) is 5.92 Å². The molecule has 1 aromatic rings. The Hall–Kier alpha value is -0.830. The SMILES string of the molecule is CCn1ccnc1CC(NC)C1CCCCCCC1. The fourth-order valence-electron chi connectivity index (χ4n) is 3.41. The molecule has 3 heteroatoms. The molecular weight excluding hydrogens is 234 g/mol. The molecule has 108 valence electrons. The molecule has 0 spiro atoms. The number of hydrogen-bond donors (Lipinski definition) is 1. The van der Waals surface area contributed by atoms with E-state index in [4.69, 9.17) is 0 Å². The van der Waals surface area contributed by atoms with Gasteiger partial charge in [0.15, 0.2) is 0 Å². The molecule has 0 amide bonds. The van der Waals surface area contributed by atoms with Crippen molar-refractivity contribution in [2.45, 2.75) is 70.9 Å². The third-order valence-corrected chi connectivity index (χ3v) is 4.63. The van der Waals surface area contributed by atoms with Crippen LogP contribution in [0.2, 0.25) is 0 Å². The van der Waals surface area contributed by atoms with Crippen LogP contribution in [0, 0.1) is 5.92 Å². The smallest absolute Gasteiger partial charge is 0.110 e. The van der Waals surface area contributed by atoms with Gasteiger partial charge in [0, 0.05) is 31.4 Å². The minimum absolute atomic E-state index is 0.589. The normalized spacial score (nSPS) is 19.9. The summed E-state index contributed by atoms with van der Waals surface area (Å²) in [6, 6.07) is 0.589. The lowest BCUT2D eigenvalue weighted by Crippen LogP contribution is -2.36. The first-order valence-electron chi connectivity index (χ1n) is 8.02. The zero-order valence-corrected chi connectivity index (χ0v) is 12.6. The second kappa shape index (κ2) is 7.68. The number of nitrogens with one attached hydrogen (secondary N) is 1. The van der Waals surface area contributed by atoms with Crippen LogP contribution in [0.4, 0.5) is 0 Å². The Balaban J connectivity index is 1.97. The summed E-state index contributed by atoms with van der Waals surface area (Å²) >= 11 is 0. The summed E-state index contributed by atoms with van der Waals surface area (Å²) in [6.07, 6.45) is 15.0. The standard InChI is InChI=1S/C16H29N3/c1-3-19-12-11-18-16(19)13-15(17-2)14-9-7-5-4-6-8-10-14/h11-12,14-15,17H,3-10,13H2,1-2H3. The van der Waals surface area contributed by atoms with E-state index < -0.39 is 0 Å². The third kappa shape index (κ3) is 4.07. The van der Waals surface area contributed by atoms with E-state index in [1.165, 1.54) is 50.8 Å². The second-order valence-electron chi connectivity index (χ2n) is 5.83. The zero-order valence-electron chi connectivity index (χ0n) is 12.6. The summed E-state index contributed by atoms with van der Waals surface area (Å²) < 4.78 is 2.27. The van der Waals surface area contributed by atoms with Gasteiger partial charge in [-0.1, -0.05) is 32.1 Å². The summed E-state index contributed by atoms with van der Waals surface area (Å²) in [7, 11) is 2.11. The molecule has 1 saturated carbocycles. The maximum absolute atomic E-state index is 4.53. The van der Waals surface area contributed by atoms with Gasteiger partial charge in [-0.25, -0.2) is 4.98 Å². The minimum atomic E-state index is 0.589.